The number of hydrogen-bond acceptors (Lipinski definition) is 5. The molecule has 0 amide bonds. The topological polar surface area (TPSA) is 72.8 Å². The lowest BCUT2D eigenvalue weighted by Gasteiger charge is -2.04. The third-order valence-corrected chi connectivity index (χ3v) is 4.07. The van der Waals surface area contributed by atoms with Crippen molar-refractivity contribution >= 4 is 23.2 Å². The van der Waals surface area contributed by atoms with Crippen molar-refractivity contribution in [1.29, 1.82) is 0 Å². The molecule has 3 rings (SSSR count). The highest BCUT2D eigenvalue weighted by Crippen LogP contribution is 2.15. The van der Waals surface area contributed by atoms with Gasteiger partial charge >= 0.3 is 0 Å². The molecule has 0 bridgehead atoms. The fourth-order valence-corrected chi connectivity index (χ4v) is 2.68. The largest absolute Gasteiger partial charge is 0.293 e. The second kappa shape index (κ2) is 7.97. The Bertz CT molecular complexity index is 938. The normalized spacial score (nSPS) is 10.5. The van der Waals surface area contributed by atoms with E-state index in [4.69, 9.17) is 11.6 Å². The third-order valence-electron chi connectivity index (χ3n) is 3.84. The summed E-state index contributed by atoms with van der Waals surface area (Å²) >= 11 is 6.00. The first-order valence-electron chi connectivity index (χ1n) is 8.07. The number of halogens is 1. The molecule has 0 spiro atoms. The average Bonchev–Trinajstić information content (AvgIpc) is 2.63. The standard InChI is InChI=1S/C20H16ClN3O2/c1-13(25)18-7-8-19(24-23-18)20(26)11-17-6-5-15(12-22-17)9-14-3-2-4-16(21)10-14/h2-8,10,12H,9,11H2,1H3. The number of ketones is 2. The van der Waals surface area contributed by atoms with Crippen molar-refractivity contribution in [2.24, 2.45) is 0 Å². The van der Waals surface area contributed by atoms with E-state index in [0.717, 1.165) is 17.5 Å². The van der Waals surface area contributed by atoms with Crippen molar-refractivity contribution in [2.75, 3.05) is 0 Å². The number of Topliss-reactive ketones (excluding diaryl/α,β-unsaturated/α-hetero) is 2. The first kappa shape index (κ1) is 17.9. The summed E-state index contributed by atoms with van der Waals surface area (Å²) in [5, 5.41) is 8.28. The summed E-state index contributed by atoms with van der Waals surface area (Å²) in [4.78, 5) is 27.8. The van der Waals surface area contributed by atoms with Gasteiger partial charge in [-0.15, -0.1) is 10.2 Å². The van der Waals surface area contributed by atoms with Crippen LogP contribution in [0.15, 0.2) is 54.7 Å². The van der Waals surface area contributed by atoms with Gasteiger partial charge in [-0.05, 0) is 47.9 Å². The second-order valence-electron chi connectivity index (χ2n) is 5.92. The second-order valence-corrected chi connectivity index (χ2v) is 6.36. The summed E-state index contributed by atoms with van der Waals surface area (Å²) < 4.78 is 0. The highest BCUT2D eigenvalue weighted by molar-refractivity contribution is 6.30. The molecule has 0 fully saturated rings. The summed E-state index contributed by atoms with van der Waals surface area (Å²) in [6.45, 7) is 1.40. The zero-order valence-electron chi connectivity index (χ0n) is 14.1. The molecule has 3 aromatic rings. The number of carbonyl (C=O) groups excluding carboxylic acids is 2. The predicted molar refractivity (Wildman–Crippen MR) is 98.6 cm³/mol. The van der Waals surface area contributed by atoms with E-state index in [1.54, 1.807) is 6.20 Å². The Morgan fingerprint density at radius 2 is 1.73 bits per heavy atom. The van der Waals surface area contributed by atoms with Gasteiger partial charge in [0, 0.05) is 23.8 Å². The molecule has 26 heavy (non-hydrogen) atoms. The number of benzene rings is 1. The molecule has 6 heteroatoms. The lowest BCUT2D eigenvalue weighted by Crippen LogP contribution is -2.10. The molecule has 0 unspecified atom stereocenters. The molecule has 0 radical (unpaired) electrons. The van der Waals surface area contributed by atoms with E-state index in [0.29, 0.717) is 10.7 Å². The van der Waals surface area contributed by atoms with Gasteiger partial charge in [0.05, 0.1) is 6.42 Å². The first-order chi connectivity index (χ1) is 12.5. The Balaban J connectivity index is 1.65. The van der Waals surface area contributed by atoms with Crippen molar-refractivity contribution in [2.45, 2.75) is 19.8 Å². The highest BCUT2D eigenvalue weighted by atomic mass is 35.5. The van der Waals surface area contributed by atoms with Crippen LogP contribution in [0.5, 0.6) is 0 Å². The molecule has 2 aromatic heterocycles. The average molecular weight is 366 g/mol. The molecule has 0 saturated heterocycles. The maximum absolute atomic E-state index is 12.3. The Labute approximate surface area is 156 Å². The van der Waals surface area contributed by atoms with Crippen molar-refractivity contribution < 1.29 is 9.59 Å². The molecule has 0 aliphatic carbocycles. The zero-order chi connectivity index (χ0) is 18.5. The van der Waals surface area contributed by atoms with E-state index in [9.17, 15) is 9.59 Å². The molecule has 0 aliphatic rings. The Morgan fingerprint density at radius 1 is 0.962 bits per heavy atom. The maximum atomic E-state index is 12.3. The maximum Gasteiger partial charge on any atom is 0.189 e. The van der Waals surface area contributed by atoms with Crippen molar-refractivity contribution in [3.63, 3.8) is 0 Å². The molecule has 0 N–H and O–H groups in total. The fourth-order valence-electron chi connectivity index (χ4n) is 2.47. The monoisotopic (exact) mass is 365 g/mol. The van der Waals surface area contributed by atoms with E-state index < -0.39 is 0 Å². The van der Waals surface area contributed by atoms with E-state index in [1.807, 2.05) is 36.4 Å². The van der Waals surface area contributed by atoms with Crippen LogP contribution in [0, 0.1) is 0 Å². The highest BCUT2D eigenvalue weighted by Gasteiger charge is 2.11. The van der Waals surface area contributed by atoms with Gasteiger partial charge in [0.25, 0.3) is 0 Å². The van der Waals surface area contributed by atoms with Crippen LogP contribution >= 0.6 is 11.6 Å². The minimum atomic E-state index is -0.192. The van der Waals surface area contributed by atoms with Crippen LogP contribution in [0.1, 0.15) is 44.7 Å². The molecular weight excluding hydrogens is 350 g/mol. The summed E-state index contributed by atoms with van der Waals surface area (Å²) in [6, 6.07) is 14.5. The molecule has 1 aromatic carbocycles. The van der Waals surface area contributed by atoms with Crippen LogP contribution < -0.4 is 0 Å². The zero-order valence-corrected chi connectivity index (χ0v) is 14.9. The van der Waals surface area contributed by atoms with Gasteiger partial charge in [-0.25, -0.2) is 0 Å². The number of pyridine rings is 1. The van der Waals surface area contributed by atoms with Crippen LogP contribution in [0.2, 0.25) is 5.02 Å². The molecular formula is C20H16ClN3O2. The minimum absolute atomic E-state index is 0.130. The minimum Gasteiger partial charge on any atom is -0.293 e. The van der Waals surface area contributed by atoms with Crippen LogP contribution in [-0.2, 0) is 12.8 Å². The van der Waals surface area contributed by atoms with E-state index in [-0.39, 0.29) is 29.4 Å². The van der Waals surface area contributed by atoms with Gasteiger partial charge in [-0.1, -0.05) is 29.8 Å². The molecule has 0 aliphatic heterocycles. The van der Waals surface area contributed by atoms with Gasteiger partial charge in [-0.3, -0.25) is 14.6 Å². The number of hydrogen-bond donors (Lipinski definition) is 0. The summed E-state index contributed by atoms with van der Waals surface area (Å²) in [6.07, 6.45) is 2.61. The van der Waals surface area contributed by atoms with Gasteiger partial charge in [-0.2, -0.15) is 0 Å². The van der Waals surface area contributed by atoms with Crippen molar-refractivity contribution in [3.8, 4) is 0 Å². The summed E-state index contributed by atoms with van der Waals surface area (Å²) in [5.74, 6) is -0.379. The third kappa shape index (κ3) is 4.58. The van der Waals surface area contributed by atoms with Crippen LogP contribution in [0.25, 0.3) is 0 Å². The molecule has 130 valence electrons. The van der Waals surface area contributed by atoms with Gasteiger partial charge < -0.3 is 0 Å². The smallest absolute Gasteiger partial charge is 0.189 e. The molecule has 5 nitrogen and oxygen atoms in total. The van der Waals surface area contributed by atoms with Crippen LogP contribution in [0.3, 0.4) is 0 Å². The molecule has 2 heterocycles. The fraction of sp³-hybridized carbons (Fsp3) is 0.150. The summed E-state index contributed by atoms with van der Waals surface area (Å²) in [7, 11) is 0. The van der Waals surface area contributed by atoms with E-state index in [1.165, 1.54) is 19.1 Å². The summed E-state index contributed by atoms with van der Waals surface area (Å²) in [5.41, 5.74) is 3.25. The van der Waals surface area contributed by atoms with E-state index >= 15 is 0 Å². The Hall–Kier alpha value is -2.92. The lowest BCUT2D eigenvalue weighted by molar-refractivity contribution is 0.0978. The van der Waals surface area contributed by atoms with E-state index in [2.05, 4.69) is 15.2 Å². The van der Waals surface area contributed by atoms with Gasteiger partial charge in [0.2, 0.25) is 0 Å². The quantitative estimate of drug-likeness (QED) is 0.622. The Morgan fingerprint density at radius 3 is 2.35 bits per heavy atom. The SMILES string of the molecule is CC(=O)c1ccc(C(=O)Cc2ccc(Cc3cccc(Cl)c3)cn2)nn1. The van der Waals surface area contributed by atoms with Crippen molar-refractivity contribution in [3.05, 3.63) is 88.0 Å². The number of aromatic nitrogens is 3. The predicted octanol–water partition coefficient (Wildman–Crippen LogP) is 3.74. The lowest BCUT2D eigenvalue weighted by atomic mass is 10.1. The molecule has 0 atom stereocenters. The van der Waals surface area contributed by atoms with Gasteiger partial charge in [0.15, 0.2) is 11.6 Å². The number of carbonyl (C=O) groups is 2. The van der Waals surface area contributed by atoms with Crippen molar-refractivity contribution in [1.82, 2.24) is 15.2 Å². The first-order valence-corrected chi connectivity index (χ1v) is 8.45. The van der Waals surface area contributed by atoms with Crippen LogP contribution in [0.4, 0.5) is 0 Å². The van der Waals surface area contributed by atoms with Crippen LogP contribution in [-0.4, -0.2) is 26.7 Å². The molecule has 0 saturated carbocycles. The number of rotatable bonds is 6. The van der Waals surface area contributed by atoms with Gasteiger partial charge in [0.1, 0.15) is 11.4 Å². The Kier molecular flexibility index (Phi) is 5.49. The number of nitrogens with zero attached hydrogens (tertiary/aromatic N) is 3.